The van der Waals surface area contributed by atoms with E-state index in [1.54, 1.807) is 6.92 Å². The number of anilines is 1. The molecule has 0 spiro atoms. The summed E-state index contributed by atoms with van der Waals surface area (Å²) in [7, 11) is 0. The number of carbonyl (C=O) groups is 1. The smallest absolute Gasteiger partial charge is 0.262 e. The molecule has 124 valence electrons. The van der Waals surface area contributed by atoms with E-state index in [1.807, 2.05) is 12.3 Å². The minimum Gasteiger partial charge on any atom is -0.465 e. The van der Waals surface area contributed by atoms with E-state index < -0.39 is 0 Å². The zero-order valence-electron chi connectivity index (χ0n) is 13.9. The number of furan rings is 1. The van der Waals surface area contributed by atoms with Crippen LogP contribution in [-0.2, 0) is 0 Å². The van der Waals surface area contributed by atoms with Crippen molar-refractivity contribution in [1.29, 1.82) is 0 Å². The van der Waals surface area contributed by atoms with Gasteiger partial charge in [-0.1, -0.05) is 23.8 Å². The highest BCUT2D eigenvalue weighted by molar-refractivity contribution is 9.10. The third-order valence-electron chi connectivity index (χ3n) is 3.80. The number of amides is 1. The van der Waals surface area contributed by atoms with Crippen LogP contribution in [0, 0.1) is 27.7 Å². The standard InChI is InChI=1S/C18H17BrN2O2S/c1-9-5-6-13(10(2)7-9)14-8-24-18(20-14)21-17(22)15-11(3)23-12(4)16(15)19/h5-8H,1-4H3,(H,20,21,22). The maximum absolute atomic E-state index is 12.5. The molecule has 0 saturated carbocycles. The molecular weight excluding hydrogens is 388 g/mol. The Morgan fingerprint density at radius 1 is 1.21 bits per heavy atom. The Balaban J connectivity index is 1.85. The fourth-order valence-corrected chi connectivity index (χ4v) is 3.88. The predicted octanol–water partition coefficient (Wildman–Crippen LogP) is 5.65. The molecule has 0 unspecified atom stereocenters. The third kappa shape index (κ3) is 3.16. The van der Waals surface area contributed by atoms with Gasteiger partial charge in [0, 0.05) is 10.9 Å². The molecule has 1 N–H and O–H groups in total. The largest absolute Gasteiger partial charge is 0.465 e. The van der Waals surface area contributed by atoms with Crippen molar-refractivity contribution >= 4 is 38.3 Å². The first-order valence-electron chi connectivity index (χ1n) is 7.47. The van der Waals surface area contributed by atoms with Crippen LogP contribution in [-0.4, -0.2) is 10.9 Å². The van der Waals surface area contributed by atoms with Crippen LogP contribution in [0.5, 0.6) is 0 Å². The molecule has 6 heteroatoms. The van der Waals surface area contributed by atoms with Crippen molar-refractivity contribution in [1.82, 2.24) is 4.98 Å². The summed E-state index contributed by atoms with van der Waals surface area (Å²) in [5.74, 6) is 1.05. The highest BCUT2D eigenvalue weighted by atomic mass is 79.9. The molecule has 0 radical (unpaired) electrons. The molecule has 2 heterocycles. The Bertz CT molecular complexity index is 927. The minimum absolute atomic E-state index is 0.224. The van der Waals surface area contributed by atoms with E-state index in [4.69, 9.17) is 4.42 Å². The quantitative estimate of drug-likeness (QED) is 0.613. The molecule has 0 fully saturated rings. The highest BCUT2D eigenvalue weighted by Gasteiger charge is 2.21. The number of halogens is 1. The number of aryl methyl sites for hydroxylation is 4. The van der Waals surface area contributed by atoms with Gasteiger partial charge in [0.05, 0.1) is 15.7 Å². The third-order valence-corrected chi connectivity index (χ3v) is 5.51. The van der Waals surface area contributed by atoms with Gasteiger partial charge in [0.1, 0.15) is 11.5 Å². The monoisotopic (exact) mass is 404 g/mol. The van der Waals surface area contributed by atoms with Gasteiger partial charge in [-0.2, -0.15) is 0 Å². The van der Waals surface area contributed by atoms with E-state index in [2.05, 4.69) is 58.3 Å². The first-order chi connectivity index (χ1) is 11.4. The van der Waals surface area contributed by atoms with Crippen molar-refractivity contribution in [2.24, 2.45) is 0 Å². The molecule has 0 aliphatic carbocycles. The minimum atomic E-state index is -0.224. The van der Waals surface area contributed by atoms with Crippen molar-refractivity contribution < 1.29 is 9.21 Å². The van der Waals surface area contributed by atoms with E-state index in [0.717, 1.165) is 11.3 Å². The fraction of sp³-hybridized carbons (Fsp3) is 0.222. The second kappa shape index (κ2) is 6.53. The van der Waals surface area contributed by atoms with Gasteiger partial charge in [-0.05, 0) is 49.2 Å². The van der Waals surface area contributed by atoms with Crippen LogP contribution in [0.1, 0.15) is 33.0 Å². The number of rotatable bonds is 3. The molecule has 0 bridgehead atoms. The SMILES string of the molecule is Cc1ccc(-c2csc(NC(=O)c3c(C)oc(C)c3Br)n2)c(C)c1. The van der Waals surface area contributed by atoms with Crippen LogP contribution in [0.4, 0.5) is 5.13 Å². The van der Waals surface area contributed by atoms with Gasteiger partial charge in [-0.3, -0.25) is 10.1 Å². The van der Waals surface area contributed by atoms with Crippen molar-refractivity contribution in [3.8, 4) is 11.3 Å². The average molecular weight is 405 g/mol. The van der Waals surface area contributed by atoms with Crippen LogP contribution in [0.25, 0.3) is 11.3 Å². The van der Waals surface area contributed by atoms with Gasteiger partial charge in [0.25, 0.3) is 5.91 Å². The van der Waals surface area contributed by atoms with Crippen LogP contribution in [0.15, 0.2) is 32.5 Å². The Morgan fingerprint density at radius 3 is 2.58 bits per heavy atom. The molecule has 3 rings (SSSR count). The molecule has 0 saturated heterocycles. The number of thiazole rings is 1. The molecule has 0 aliphatic rings. The molecule has 1 amide bonds. The fourth-order valence-electron chi connectivity index (χ4n) is 2.63. The second-order valence-corrected chi connectivity index (χ2v) is 7.36. The molecule has 2 aromatic heterocycles. The average Bonchev–Trinajstić information content (AvgIpc) is 3.04. The number of nitrogens with zero attached hydrogens (tertiary/aromatic N) is 1. The Hall–Kier alpha value is -1.92. The second-order valence-electron chi connectivity index (χ2n) is 5.71. The van der Waals surface area contributed by atoms with Gasteiger partial charge in [-0.25, -0.2) is 4.98 Å². The van der Waals surface area contributed by atoms with Gasteiger partial charge < -0.3 is 4.42 Å². The van der Waals surface area contributed by atoms with Crippen LogP contribution < -0.4 is 5.32 Å². The molecule has 24 heavy (non-hydrogen) atoms. The molecule has 0 aliphatic heterocycles. The van der Waals surface area contributed by atoms with Crippen molar-refractivity contribution in [2.75, 3.05) is 5.32 Å². The zero-order chi connectivity index (χ0) is 17.4. The summed E-state index contributed by atoms with van der Waals surface area (Å²) in [6, 6.07) is 6.25. The maximum Gasteiger partial charge on any atom is 0.262 e. The van der Waals surface area contributed by atoms with E-state index in [0.29, 0.717) is 26.7 Å². The number of aromatic nitrogens is 1. The van der Waals surface area contributed by atoms with Crippen LogP contribution in [0.2, 0.25) is 0 Å². The normalized spacial score (nSPS) is 10.9. The lowest BCUT2D eigenvalue weighted by molar-refractivity contribution is 0.102. The van der Waals surface area contributed by atoms with E-state index in [-0.39, 0.29) is 5.91 Å². The topological polar surface area (TPSA) is 55.1 Å². The van der Waals surface area contributed by atoms with Crippen LogP contribution >= 0.6 is 27.3 Å². The Labute approximate surface area is 153 Å². The van der Waals surface area contributed by atoms with Crippen molar-refractivity contribution in [3.63, 3.8) is 0 Å². The van der Waals surface area contributed by atoms with Crippen molar-refractivity contribution in [2.45, 2.75) is 27.7 Å². The Morgan fingerprint density at radius 2 is 1.96 bits per heavy atom. The first kappa shape index (κ1) is 16.9. The number of hydrogen-bond acceptors (Lipinski definition) is 4. The number of carbonyl (C=O) groups excluding carboxylic acids is 1. The number of nitrogens with one attached hydrogen (secondary N) is 1. The lowest BCUT2D eigenvalue weighted by Crippen LogP contribution is -2.12. The van der Waals surface area contributed by atoms with Gasteiger partial charge in [0.15, 0.2) is 5.13 Å². The molecular formula is C18H17BrN2O2S. The van der Waals surface area contributed by atoms with Crippen LogP contribution in [0.3, 0.4) is 0 Å². The van der Waals surface area contributed by atoms with Crippen molar-refractivity contribution in [3.05, 3.63) is 56.3 Å². The summed E-state index contributed by atoms with van der Waals surface area (Å²) in [5.41, 5.74) is 4.84. The van der Waals surface area contributed by atoms with Gasteiger partial charge >= 0.3 is 0 Å². The lowest BCUT2D eigenvalue weighted by atomic mass is 10.0. The summed E-state index contributed by atoms with van der Waals surface area (Å²) in [6.07, 6.45) is 0. The lowest BCUT2D eigenvalue weighted by Gasteiger charge is -2.04. The summed E-state index contributed by atoms with van der Waals surface area (Å²) >= 11 is 4.81. The molecule has 3 aromatic rings. The summed E-state index contributed by atoms with van der Waals surface area (Å²) < 4.78 is 6.16. The zero-order valence-corrected chi connectivity index (χ0v) is 16.3. The predicted molar refractivity (Wildman–Crippen MR) is 101 cm³/mol. The number of hydrogen-bond donors (Lipinski definition) is 1. The van der Waals surface area contributed by atoms with E-state index in [1.165, 1.54) is 22.5 Å². The summed E-state index contributed by atoms with van der Waals surface area (Å²) in [6.45, 7) is 7.72. The van der Waals surface area contributed by atoms with Gasteiger partial charge in [-0.15, -0.1) is 11.3 Å². The Kier molecular flexibility index (Phi) is 4.60. The summed E-state index contributed by atoms with van der Waals surface area (Å²) in [4.78, 5) is 17.0. The highest BCUT2D eigenvalue weighted by Crippen LogP contribution is 2.30. The van der Waals surface area contributed by atoms with Gasteiger partial charge in [0.2, 0.25) is 0 Å². The number of benzene rings is 1. The van der Waals surface area contributed by atoms with E-state index in [9.17, 15) is 4.79 Å². The molecule has 0 atom stereocenters. The summed E-state index contributed by atoms with van der Waals surface area (Å²) in [5, 5.41) is 5.38. The maximum atomic E-state index is 12.5. The first-order valence-corrected chi connectivity index (χ1v) is 9.14. The van der Waals surface area contributed by atoms with E-state index >= 15 is 0 Å². The molecule has 4 nitrogen and oxygen atoms in total. The molecule has 1 aromatic carbocycles.